The fourth-order valence-electron chi connectivity index (χ4n) is 1.27. The number of rotatable bonds is 3. The molecule has 1 heterocycles. The summed E-state index contributed by atoms with van der Waals surface area (Å²) in [6, 6.07) is 6.66. The minimum Gasteiger partial charge on any atom is -0.398 e. The first kappa shape index (κ1) is 13.6. The second-order valence-electron chi connectivity index (χ2n) is 3.60. The summed E-state index contributed by atoms with van der Waals surface area (Å²) in [5.74, 6) is 0.0209. The molecule has 19 heavy (non-hydrogen) atoms. The van der Waals surface area contributed by atoms with Crippen LogP contribution in [0.15, 0.2) is 44.5 Å². The molecule has 0 saturated carbocycles. The maximum atomic E-state index is 12.0. The van der Waals surface area contributed by atoms with Gasteiger partial charge >= 0.3 is 0 Å². The maximum Gasteiger partial charge on any atom is 0.264 e. The smallest absolute Gasteiger partial charge is 0.264 e. The van der Waals surface area contributed by atoms with Gasteiger partial charge in [0.1, 0.15) is 0 Å². The predicted octanol–water partition coefficient (Wildman–Crippen LogP) is 0.915. The molecule has 9 heteroatoms. The molecule has 2 aromatic rings. The second-order valence-corrected chi connectivity index (χ2v) is 6.13. The number of nitrogens with one attached hydrogen (secondary N) is 2. The predicted molar refractivity (Wildman–Crippen MR) is 74.2 cm³/mol. The Bertz CT molecular complexity index is 752. The Hall–Kier alpha value is -1.87. The molecule has 0 atom stereocenters. The molecule has 1 aromatic heterocycles. The van der Waals surface area contributed by atoms with Crippen molar-refractivity contribution in [3.63, 3.8) is 0 Å². The Morgan fingerprint density at radius 1 is 1.26 bits per heavy atom. The molecule has 0 radical (unpaired) electrons. The van der Waals surface area contributed by atoms with Crippen LogP contribution in [0.25, 0.3) is 0 Å². The Morgan fingerprint density at radius 2 is 2.00 bits per heavy atom. The highest BCUT2D eigenvalue weighted by molar-refractivity contribution is 9.10. The van der Waals surface area contributed by atoms with Crippen LogP contribution in [-0.2, 0) is 10.0 Å². The zero-order valence-electron chi connectivity index (χ0n) is 9.42. The number of aromatic nitrogens is 2. The Balaban J connectivity index is 2.34. The lowest BCUT2D eigenvalue weighted by molar-refractivity contribution is 0.601. The zero-order valence-corrected chi connectivity index (χ0v) is 11.8. The van der Waals surface area contributed by atoms with Crippen molar-refractivity contribution in [2.75, 3.05) is 10.5 Å². The standard InChI is InChI=1S/C10H9BrN4O3S/c11-7-5-6(1-2-8(7)12)19(17,18)15-9-3-4-10(16)14-13-9/h1-5H,12H2,(H,13,15)(H,14,16). The van der Waals surface area contributed by atoms with Gasteiger partial charge in [0, 0.05) is 16.2 Å². The van der Waals surface area contributed by atoms with Crippen LogP contribution in [-0.4, -0.2) is 18.6 Å². The summed E-state index contributed by atoms with van der Waals surface area (Å²) in [4.78, 5) is 10.9. The van der Waals surface area contributed by atoms with E-state index in [9.17, 15) is 13.2 Å². The first-order valence-electron chi connectivity index (χ1n) is 5.02. The highest BCUT2D eigenvalue weighted by atomic mass is 79.9. The number of anilines is 2. The van der Waals surface area contributed by atoms with Gasteiger partial charge in [-0.15, -0.1) is 0 Å². The van der Waals surface area contributed by atoms with Gasteiger partial charge in [0.05, 0.1) is 4.90 Å². The average molecular weight is 345 g/mol. The van der Waals surface area contributed by atoms with Crippen molar-refractivity contribution in [1.82, 2.24) is 10.2 Å². The summed E-state index contributed by atoms with van der Waals surface area (Å²) in [6.07, 6.45) is 0. The minimum absolute atomic E-state index is 0.0209. The van der Waals surface area contributed by atoms with Gasteiger partial charge in [-0.3, -0.25) is 9.52 Å². The summed E-state index contributed by atoms with van der Waals surface area (Å²) in [6.45, 7) is 0. The Kier molecular flexibility index (Phi) is 3.58. The number of benzene rings is 1. The van der Waals surface area contributed by atoms with Gasteiger partial charge in [-0.25, -0.2) is 13.5 Å². The SMILES string of the molecule is Nc1ccc(S(=O)(=O)Nc2ccc(=O)[nH]n2)cc1Br. The van der Waals surface area contributed by atoms with E-state index in [4.69, 9.17) is 5.73 Å². The fraction of sp³-hybridized carbons (Fsp3) is 0. The highest BCUT2D eigenvalue weighted by Crippen LogP contribution is 2.23. The third kappa shape index (κ3) is 3.12. The lowest BCUT2D eigenvalue weighted by Gasteiger charge is -2.07. The number of nitrogens with zero attached hydrogens (tertiary/aromatic N) is 1. The lowest BCUT2D eigenvalue weighted by atomic mass is 10.3. The van der Waals surface area contributed by atoms with E-state index in [1.54, 1.807) is 0 Å². The van der Waals surface area contributed by atoms with Gasteiger partial charge < -0.3 is 5.73 Å². The molecule has 7 nitrogen and oxygen atoms in total. The summed E-state index contributed by atoms with van der Waals surface area (Å²) in [5.41, 5.74) is 5.60. The van der Waals surface area contributed by atoms with Crippen LogP contribution >= 0.6 is 15.9 Å². The molecule has 2 rings (SSSR count). The van der Waals surface area contributed by atoms with Crippen molar-refractivity contribution >= 4 is 37.5 Å². The number of aromatic amines is 1. The first-order valence-corrected chi connectivity index (χ1v) is 7.30. The van der Waals surface area contributed by atoms with E-state index in [-0.39, 0.29) is 10.7 Å². The highest BCUT2D eigenvalue weighted by Gasteiger charge is 2.15. The van der Waals surface area contributed by atoms with E-state index in [1.807, 2.05) is 0 Å². The van der Waals surface area contributed by atoms with Gasteiger partial charge in [-0.1, -0.05) is 0 Å². The van der Waals surface area contributed by atoms with E-state index >= 15 is 0 Å². The fourth-order valence-corrected chi connectivity index (χ4v) is 2.83. The van der Waals surface area contributed by atoms with Crippen LogP contribution in [0, 0.1) is 0 Å². The molecule has 0 saturated heterocycles. The van der Waals surface area contributed by atoms with Crippen molar-refractivity contribution in [2.45, 2.75) is 4.90 Å². The van der Waals surface area contributed by atoms with Crippen LogP contribution in [0.1, 0.15) is 0 Å². The van der Waals surface area contributed by atoms with Crippen LogP contribution in [0.2, 0.25) is 0 Å². The van der Waals surface area contributed by atoms with E-state index in [0.29, 0.717) is 10.2 Å². The molecule has 0 spiro atoms. The molecule has 0 aliphatic heterocycles. The van der Waals surface area contributed by atoms with Gasteiger partial charge in [0.25, 0.3) is 15.6 Å². The van der Waals surface area contributed by atoms with E-state index in [2.05, 4.69) is 30.8 Å². The van der Waals surface area contributed by atoms with Crippen molar-refractivity contribution in [3.8, 4) is 0 Å². The molecular formula is C10H9BrN4O3S. The summed E-state index contributed by atoms with van der Waals surface area (Å²) >= 11 is 3.15. The van der Waals surface area contributed by atoms with Crippen LogP contribution in [0.5, 0.6) is 0 Å². The van der Waals surface area contributed by atoms with Crippen LogP contribution in [0.3, 0.4) is 0 Å². The van der Waals surface area contributed by atoms with Crippen LogP contribution in [0.4, 0.5) is 11.5 Å². The van der Waals surface area contributed by atoms with E-state index in [1.165, 1.54) is 30.3 Å². The molecule has 0 fully saturated rings. The van der Waals surface area contributed by atoms with Crippen LogP contribution < -0.4 is 16.0 Å². The van der Waals surface area contributed by atoms with Gasteiger partial charge in [0.2, 0.25) is 0 Å². The molecule has 0 bridgehead atoms. The number of hydrogen-bond donors (Lipinski definition) is 3. The molecule has 100 valence electrons. The monoisotopic (exact) mass is 344 g/mol. The van der Waals surface area contributed by atoms with Gasteiger partial charge in [-0.2, -0.15) is 5.10 Å². The van der Waals surface area contributed by atoms with Gasteiger partial charge in [-0.05, 0) is 40.2 Å². The third-order valence-corrected chi connectivity index (χ3v) is 4.24. The molecular weight excluding hydrogens is 336 g/mol. The summed E-state index contributed by atoms with van der Waals surface area (Å²) in [7, 11) is -3.79. The molecule has 0 aliphatic rings. The second kappa shape index (κ2) is 5.02. The van der Waals surface area contributed by atoms with E-state index in [0.717, 1.165) is 0 Å². The summed E-state index contributed by atoms with van der Waals surface area (Å²) in [5, 5.41) is 5.70. The Labute approximate surface area is 117 Å². The molecule has 0 aliphatic carbocycles. The topological polar surface area (TPSA) is 118 Å². The minimum atomic E-state index is -3.79. The van der Waals surface area contributed by atoms with Crippen molar-refractivity contribution < 1.29 is 8.42 Å². The summed E-state index contributed by atoms with van der Waals surface area (Å²) < 4.78 is 26.8. The number of halogens is 1. The third-order valence-electron chi connectivity index (χ3n) is 2.20. The first-order chi connectivity index (χ1) is 8.88. The average Bonchev–Trinajstić information content (AvgIpc) is 2.35. The normalized spacial score (nSPS) is 11.2. The van der Waals surface area contributed by atoms with Gasteiger partial charge in [0.15, 0.2) is 5.82 Å². The molecule has 0 unspecified atom stereocenters. The molecule has 0 amide bonds. The van der Waals surface area contributed by atoms with Crippen molar-refractivity contribution in [1.29, 1.82) is 0 Å². The largest absolute Gasteiger partial charge is 0.398 e. The van der Waals surface area contributed by atoms with Crippen molar-refractivity contribution in [3.05, 3.63) is 45.2 Å². The van der Waals surface area contributed by atoms with Crippen molar-refractivity contribution in [2.24, 2.45) is 0 Å². The lowest BCUT2D eigenvalue weighted by Crippen LogP contribution is -2.16. The number of nitrogen functional groups attached to an aromatic ring is 1. The number of H-pyrrole nitrogens is 1. The quantitative estimate of drug-likeness (QED) is 0.715. The number of sulfonamides is 1. The zero-order chi connectivity index (χ0) is 14.0. The number of nitrogens with two attached hydrogens (primary N) is 1. The Morgan fingerprint density at radius 3 is 2.58 bits per heavy atom. The maximum absolute atomic E-state index is 12.0. The molecule has 1 aromatic carbocycles. The molecule has 4 N–H and O–H groups in total. The van der Waals surface area contributed by atoms with E-state index < -0.39 is 15.6 Å². The number of hydrogen-bond acceptors (Lipinski definition) is 5.